The summed E-state index contributed by atoms with van der Waals surface area (Å²) in [5.74, 6) is 0.113. The summed E-state index contributed by atoms with van der Waals surface area (Å²) in [7, 11) is 0. The van der Waals surface area contributed by atoms with Gasteiger partial charge in [-0.05, 0) is 46.5 Å². The molecule has 1 aromatic heterocycles. The van der Waals surface area contributed by atoms with Crippen molar-refractivity contribution in [3.8, 4) is 0 Å². The molecule has 5 nitrogen and oxygen atoms in total. The number of ether oxygens (including phenoxy) is 1. The molecule has 1 aromatic rings. The molecule has 0 spiro atoms. The number of thiazole rings is 1. The standard InChI is InChI=1S/C15H24N2O3S/c1-14(2,3)20-13(18)17-8-5-11(6-9-17)15(4,19)12-16-7-10-21-12/h7,10-11,19H,5-6,8-9H2,1-4H3. The van der Waals surface area contributed by atoms with Crippen molar-refractivity contribution in [3.05, 3.63) is 16.6 Å². The van der Waals surface area contributed by atoms with Crippen LogP contribution in [0, 0.1) is 5.92 Å². The van der Waals surface area contributed by atoms with Crippen LogP contribution in [0.2, 0.25) is 0 Å². The zero-order chi connectivity index (χ0) is 15.7. The third-order valence-corrected chi connectivity index (χ3v) is 4.81. The van der Waals surface area contributed by atoms with Gasteiger partial charge in [-0.25, -0.2) is 9.78 Å². The van der Waals surface area contributed by atoms with Crippen molar-refractivity contribution in [2.45, 2.75) is 51.7 Å². The number of hydrogen-bond donors (Lipinski definition) is 1. The van der Waals surface area contributed by atoms with Crippen LogP contribution >= 0.6 is 11.3 Å². The Morgan fingerprint density at radius 2 is 2.00 bits per heavy atom. The van der Waals surface area contributed by atoms with Gasteiger partial charge in [-0.15, -0.1) is 11.3 Å². The Hall–Kier alpha value is -1.14. The molecule has 1 saturated heterocycles. The first-order chi connectivity index (χ1) is 9.70. The monoisotopic (exact) mass is 312 g/mol. The van der Waals surface area contributed by atoms with E-state index in [1.54, 1.807) is 11.1 Å². The molecule has 6 heteroatoms. The summed E-state index contributed by atoms with van der Waals surface area (Å²) in [5.41, 5.74) is -1.39. The van der Waals surface area contributed by atoms with Gasteiger partial charge in [-0.1, -0.05) is 0 Å². The van der Waals surface area contributed by atoms with E-state index in [-0.39, 0.29) is 12.0 Å². The molecule has 1 fully saturated rings. The zero-order valence-electron chi connectivity index (χ0n) is 13.1. The minimum absolute atomic E-state index is 0.113. The average molecular weight is 312 g/mol. The minimum atomic E-state index is -0.922. The van der Waals surface area contributed by atoms with E-state index in [1.165, 1.54) is 11.3 Å². The quantitative estimate of drug-likeness (QED) is 0.912. The summed E-state index contributed by atoms with van der Waals surface area (Å²) in [6, 6.07) is 0. The van der Waals surface area contributed by atoms with Gasteiger partial charge in [0.1, 0.15) is 16.2 Å². The van der Waals surface area contributed by atoms with E-state index >= 15 is 0 Å². The first-order valence-corrected chi connectivity index (χ1v) is 8.18. The summed E-state index contributed by atoms with van der Waals surface area (Å²) in [4.78, 5) is 18.0. The second kappa shape index (κ2) is 5.93. The lowest BCUT2D eigenvalue weighted by Gasteiger charge is -2.38. The number of piperidine rings is 1. The molecule has 0 saturated carbocycles. The maximum atomic E-state index is 12.0. The summed E-state index contributed by atoms with van der Waals surface area (Å²) >= 11 is 1.47. The zero-order valence-corrected chi connectivity index (χ0v) is 13.9. The van der Waals surface area contributed by atoms with Gasteiger partial charge in [0.2, 0.25) is 0 Å². The van der Waals surface area contributed by atoms with E-state index in [9.17, 15) is 9.90 Å². The Balaban J connectivity index is 1.93. The third-order valence-electron chi connectivity index (χ3n) is 3.81. The lowest BCUT2D eigenvalue weighted by Crippen LogP contribution is -2.45. The van der Waals surface area contributed by atoms with Crippen molar-refractivity contribution < 1.29 is 14.6 Å². The van der Waals surface area contributed by atoms with E-state index in [0.717, 1.165) is 17.8 Å². The van der Waals surface area contributed by atoms with Crippen LogP contribution in [0.4, 0.5) is 4.79 Å². The predicted octanol–water partition coefficient (Wildman–Crippen LogP) is 3.00. The lowest BCUT2D eigenvalue weighted by atomic mass is 9.82. The molecule has 1 aliphatic heterocycles. The maximum absolute atomic E-state index is 12.0. The number of carbonyl (C=O) groups excluding carboxylic acids is 1. The third kappa shape index (κ3) is 3.95. The second-order valence-corrected chi connectivity index (χ2v) is 7.62. The first kappa shape index (κ1) is 16.2. The molecule has 0 bridgehead atoms. The Labute approximate surface area is 129 Å². The lowest BCUT2D eigenvalue weighted by molar-refractivity contribution is -0.0385. The summed E-state index contributed by atoms with van der Waals surface area (Å²) in [6.07, 6.45) is 2.96. The van der Waals surface area contributed by atoms with Crippen molar-refractivity contribution in [2.75, 3.05) is 13.1 Å². The first-order valence-electron chi connectivity index (χ1n) is 7.30. The normalized spacial score (nSPS) is 20.1. The van der Waals surface area contributed by atoms with Crippen LogP contribution in [0.25, 0.3) is 0 Å². The highest BCUT2D eigenvalue weighted by atomic mass is 32.1. The second-order valence-electron chi connectivity index (χ2n) is 6.73. The molecule has 1 unspecified atom stereocenters. The smallest absolute Gasteiger partial charge is 0.410 e. The molecule has 1 atom stereocenters. The number of likely N-dealkylation sites (tertiary alicyclic amines) is 1. The fourth-order valence-corrected chi connectivity index (χ4v) is 3.38. The Morgan fingerprint density at radius 1 is 1.38 bits per heavy atom. The van der Waals surface area contributed by atoms with Crippen LogP contribution in [-0.4, -0.2) is 39.8 Å². The van der Waals surface area contributed by atoms with Crippen LogP contribution in [-0.2, 0) is 10.3 Å². The molecule has 21 heavy (non-hydrogen) atoms. The SMILES string of the molecule is CC(C)(C)OC(=O)N1CCC(C(C)(O)c2nccs2)CC1. The molecule has 1 aliphatic rings. The molecule has 0 radical (unpaired) electrons. The molecule has 1 amide bonds. The van der Waals surface area contributed by atoms with Crippen LogP contribution in [0.15, 0.2) is 11.6 Å². The van der Waals surface area contributed by atoms with Gasteiger partial charge in [0.05, 0.1) is 0 Å². The average Bonchev–Trinajstić information content (AvgIpc) is 2.91. The van der Waals surface area contributed by atoms with Gasteiger partial charge in [0.15, 0.2) is 0 Å². The van der Waals surface area contributed by atoms with E-state index in [1.807, 2.05) is 33.1 Å². The number of aromatic nitrogens is 1. The van der Waals surface area contributed by atoms with Crippen molar-refractivity contribution in [3.63, 3.8) is 0 Å². The van der Waals surface area contributed by atoms with Crippen LogP contribution in [0.1, 0.15) is 45.5 Å². The van der Waals surface area contributed by atoms with Crippen molar-refractivity contribution in [1.82, 2.24) is 9.88 Å². The molecule has 1 N–H and O–H groups in total. The summed E-state index contributed by atoms with van der Waals surface area (Å²) < 4.78 is 5.38. The highest BCUT2D eigenvalue weighted by molar-refractivity contribution is 7.09. The fourth-order valence-electron chi connectivity index (χ4n) is 2.60. The number of hydrogen-bond acceptors (Lipinski definition) is 5. The Bertz CT molecular complexity index is 472. The molecule has 118 valence electrons. The van der Waals surface area contributed by atoms with E-state index < -0.39 is 11.2 Å². The number of aliphatic hydroxyl groups is 1. The number of nitrogens with zero attached hydrogens (tertiary/aromatic N) is 2. The van der Waals surface area contributed by atoms with Crippen molar-refractivity contribution in [1.29, 1.82) is 0 Å². The predicted molar refractivity (Wildman–Crippen MR) is 82.2 cm³/mol. The molecule has 2 rings (SSSR count). The Morgan fingerprint density at radius 3 is 2.48 bits per heavy atom. The molecular formula is C15H24N2O3S. The largest absolute Gasteiger partial charge is 0.444 e. The molecule has 0 aliphatic carbocycles. The van der Waals surface area contributed by atoms with Gasteiger partial charge in [0, 0.05) is 24.7 Å². The number of rotatable bonds is 2. The fraction of sp³-hybridized carbons (Fsp3) is 0.733. The van der Waals surface area contributed by atoms with Crippen molar-refractivity contribution in [2.24, 2.45) is 5.92 Å². The van der Waals surface area contributed by atoms with E-state index in [4.69, 9.17) is 4.74 Å². The number of amides is 1. The highest BCUT2D eigenvalue weighted by Crippen LogP contribution is 2.37. The van der Waals surface area contributed by atoms with E-state index in [0.29, 0.717) is 13.1 Å². The van der Waals surface area contributed by atoms with Gasteiger partial charge in [-0.2, -0.15) is 0 Å². The van der Waals surface area contributed by atoms with Crippen LogP contribution in [0.5, 0.6) is 0 Å². The van der Waals surface area contributed by atoms with Gasteiger partial charge < -0.3 is 14.7 Å². The molecule has 0 aromatic carbocycles. The van der Waals surface area contributed by atoms with Gasteiger partial charge in [-0.3, -0.25) is 0 Å². The summed E-state index contributed by atoms with van der Waals surface area (Å²) in [5, 5.41) is 13.3. The number of carbonyl (C=O) groups is 1. The van der Waals surface area contributed by atoms with Gasteiger partial charge in [0.25, 0.3) is 0 Å². The topological polar surface area (TPSA) is 62.7 Å². The highest BCUT2D eigenvalue weighted by Gasteiger charge is 2.39. The molecular weight excluding hydrogens is 288 g/mol. The van der Waals surface area contributed by atoms with Crippen LogP contribution < -0.4 is 0 Å². The molecule has 2 heterocycles. The minimum Gasteiger partial charge on any atom is -0.444 e. The van der Waals surface area contributed by atoms with E-state index in [2.05, 4.69) is 4.98 Å². The summed E-state index contributed by atoms with van der Waals surface area (Å²) in [6.45, 7) is 8.64. The van der Waals surface area contributed by atoms with Gasteiger partial charge >= 0.3 is 6.09 Å². The van der Waals surface area contributed by atoms with Crippen LogP contribution in [0.3, 0.4) is 0 Å². The maximum Gasteiger partial charge on any atom is 0.410 e. The Kier molecular flexibility index (Phi) is 4.58. The van der Waals surface area contributed by atoms with Crippen molar-refractivity contribution >= 4 is 17.4 Å².